The lowest BCUT2D eigenvalue weighted by Gasteiger charge is -2.24. The van der Waals surface area contributed by atoms with E-state index in [9.17, 15) is 15.0 Å². The van der Waals surface area contributed by atoms with Gasteiger partial charge in [0.1, 0.15) is 6.10 Å². The van der Waals surface area contributed by atoms with E-state index in [1.54, 1.807) is 0 Å². The van der Waals surface area contributed by atoms with E-state index in [-0.39, 0.29) is 11.9 Å². The van der Waals surface area contributed by atoms with Crippen LogP contribution in [0.4, 0.5) is 0 Å². The Kier molecular flexibility index (Phi) is 29.4. The first kappa shape index (κ1) is 38.1. The van der Waals surface area contributed by atoms with Gasteiger partial charge in [0.25, 0.3) is 0 Å². The molecule has 0 aromatic heterocycles. The van der Waals surface area contributed by atoms with Crippen molar-refractivity contribution in [2.75, 3.05) is 0 Å². The van der Waals surface area contributed by atoms with Crippen molar-refractivity contribution in [3.8, 4) is 0 Å². The Hall–Kier alpha value is -0.870. The summed E-state index contributed by atoms with van der Waals surface area (Å²) >= 11 is 0. The number of aliphatic hydroxyl groups excluding tert-OH is 2. The number of allylic oxidation sites excluding steroid dienone is 2. The number of nitrogens with one attached hydrogen (secondary N) is 1. The molecule has 3 atom stereocenters. The first-order valence-corrected chi connectivity index (χ1v) is 17.4. The Morgan fingerprint density at radius 1 is 0.564 bits per heavy atom. The van der Waals surface area contributed by atoms with Gasteiger partial charge in [-0.2, -0.15) is 0 Å². The van der Waals surface area contributed by atoms with Gasteiger partial charge in [-0.1, -0.05) is 155 Å². The molecule has 4 heteroatoms. The van der Waals surface area contributed by atoms with Gasteiger partial charge < -0.3 is 15.5 Å². The average Bonchev–Trinajstić information content (AvgIpc) is 2.94. The quantitative estimate of drug-likeness (QED) is 0.0614. The molecule has 0 aromatic rings. The van der Waals surface area contributed by atoms with Gasteiger partial charge >= 0.3 is 0 Å². The maximum absolute atomic E-state index is 12.4. The van der Waals surface area contributed by atoms with Crippen LogP contribution in [0.5, 0.6) is 0 Å². The Morgan fingerprint density at radius 3 is 1.41 bits per heavy atom. The number of rotatable bonds is 30. The van der Waals surface area contributed by atoms with E-state index < -0.39 is 12.2 Å². The number of hydrogen-bond donors (Lipinski definition) is 3. The van der Waals surface area contributed by atoms with Crippen molar-refractivity contribution < 1.29 is 15.0 Å². The molecule has 0 aromatic carbocycles. The van der Waals surface area contributed by atoms with Crippen LogP contribution in [0.25, 0.3) is 0 Å². The highest BCUT2D eigenvalue weighted by Crippen LogP contribution is 2.15. The van der Waals surface area contributed by atoms with Gasteiger partial charge in [-0.15, -0.1) is 0 Å². The zero-order valence-corrected chi connectivity index (χ0v) is 26.6. The van der Waals surface area contributed by atoms with Gasteiger partial charge in [-0.3, -0.25) is 4.79 Å². The monoisotopic (exact) mass is 552 g/mol. The summed E-state index contributed by atoms with van der Waals surface area (Å²) in [5.74, 6) is -0.317. The van der Waals surface area contributed by atoms with E-state index in [1.807, 2.05) is 6.92 Å². The number of carbonyl (C=O) groups is 1. The summed E-state index contributed by atoms with van der Waals surface area (Å²) in [6.07, 6.45) is 34.0. The van der Waals surface area contributed by atoms with E-state index in [4.69, 9.17) is 0 Å². The van der Waals surface area contributed by atoms with Gasteiger partial charge in [-0.25, -0.2) is 0 Å². The molecule has 0 aliphatic carbocycles. The molecule has 0 bridgehead atoms. The molecule has 3 N–H and O–H groups in total. The van der Waals surface area contributed by atoms with Crippen LogP contribution in [0, 0.1) is 0 Å². The second-order valence-corrected chi connectivity index (χ2v) is 12.0. The SMILES string of the molecule is CCCCCC/C=C\CCCCCCCCCC(O)C(CC)NC(=O)C(O)CCCCCCCCCCCC. The topological polar surface area (TPSA) is 69.6 Å². The highest BCUT2D eigenvalue weighted by atomic mass is 16.3. The number of carbonyl (C=O) groups excluding carboxylic acids is 1. The first-order valence-electron chi connectivity index (χ1n) is 17.4. The largest absolute Gasteiger partial charge is 0.391 e. The maximum atomic E-state index is 12.4. The summed E-state index contributed by atoms with van der Waals surface area (Å²) in [5, 5.41) is 23.8. The number of amides is 1. The molecule has 1 amide bonds. The summed E-state index contributed by atoms with van der Waals surface area (Å²) in [6.45, 7) is 6.50. The molecular weight excluding hydrogens is 482 g/mol. The number of aliphatic hydroxyl groups is 2. The molecule has 0 saturated heterocycles. The summed E-state index contributed by atoms with van der Waals surface area (Å²) in [7, 11) is 0. The highest BCUT2D eigenvalue weighted by molar-refractivity contribution is 5.80. The Balaban J connectivity index is 3.72. The molecule has 0 aliphatic rings. The van der Waals surface area contributed by atoms with Crippen molar-refractivity contribution in [1.82, 2.24) is 5.32 Å². The van der Waals surface area contributed by atoms with Crippen LogP contribution in [0.15, 0.2) is 12.2 Å². The van der Waals surface area contributed by atoms with Crippen molar-refractivity contribution in [2.24, 2.45) is 0 Å². The third-order valence-electron chi connectivity index (χ3n) is 8.13. The van der Waals surface area contributed by atoms with Crippen molar-refractivity contribution >= 4 is 5.91 Å². The molecule has 0 spiro atoms. The molecule has 39 heavy (non-hydrogen) atoms. The fourth-order valence-corrected chi connectivity index (χ4v) is 5.33. The second kappa shape index (κ2) is 30.1. The number of hydrogen-bond acceptors (Lipinski definition) is 3. The molecule has 232 valence electrons. The van der Waals surface area contributed by atoms with E-state index in [1.165, 1.54) is 122 Å². The van der Waals surface area contributed by atoms with Gasteiger partial charge in [0.15, 0.2) is 0 Å². The van der Waals surface area contributed by atoms with Crippen LogP contribution in [0.1, 0.15) is 188 Å². The highest BCUT2D eigenvalue weighted by Gasteiger charge is 2.22. The molecular formula is C35H69NO3. The van der Waals surface area contributed by atoms with Crippen LogP contribution in [0.3, 0.4) is 0 Å². The third kappa shape index (κ3) is 25.8. The number of unbranched alkanes of at least 4 members (excludes halogenated alkanes) is 20. The molecule has 0 rings (SSSR count). The third-order valence-corrected chi connectivity index (χ3v) is 8.13. The Bertz CT molecular complexity index is 536. The van der Waals surface area contributed by atoms with Crippen molar-refractivity contribution in [3.63, 3.8) is 0 Å². The minimum atomic E-state index is -0.957. The average molecular weight is 552 g/mol. The normalized spacial score (nSPS) is 14.1. The van der Waals surface area contributed by atoms with Gasteiger partial charge in [0.2, 0.25) is 5.91 Å². The second-order valence-electron chi connectivity index (χ2n) is 12.0. The minimum absolute atomic E-state index is 0.264. The molecule has 4 nitrogen and oxygen atoms in total. The smallest absolute Gasteiger partial charge is 0.249 e. The van der Waals surface area contributed by atoms with Gasteiger partial charge in [0, 0.05) is 0 Å². The summed E-state index contributed by atoms with van der Waals surface area (Å²) in [5.41, 5.74) is 0. The van der Waals surface area contributed by atoms with Crippen LogP contribution in [-0.4, -0.2) is 34.4 Å². The predicted octanol–water partition coefficient (Wildman–Crippen LogP) is 9.95. The van der Waals surface area contributed by atoms with Crippen LogP contribution >= 0.6 is 0 Å². The zero-order valence-electron chi connectivity index (χ0n) is 26.6. The van der Waals surface area contributed by atoms with Crippen molar-refractivity contribution in [3.05, 3.63) is 12.2 Å². The van der Waals surface area contributed by atoms with Crippen molar-refractivity contribution in [2.45, 2.75) is 206 Å². The lowest BCUT2D eigenvalue weighted by Crippen LogP contribution is -2.47. The summed E-state index contributed by atoms with van der Waals surface area (Å²) < 4.78 is 0. The standard InChI is InChI=1S/C35H69NO3/c1-4-7-9-11-13-15-17-18-19-20-21-23-24-26-28-30-33(37)32(6-3)36-35(39)34(38)31-29-27-25-22-16-14-12-10-8-5-2/h15,17,32-34,37-38H,4-14,16,18-31H2,1-3H3,(H,36,39)/b17-15-. The van der Waals surface area contributed by atoms with Gasteiger partial charge in [0.05, 0.1) is 12.1 Å². The van der Waals surface area contributed by atoms with Crippen molar-refractivity contribution in [1.29, 1.82) is 0 Å². The minimum Gasteiger partial charge on any atom is -0.391 e. The predicted molar refractivity (Wildman–Crippen MR) is 170 cm³/mol. The molecule has 0 radical (unpaired) electrons. The van der Waals surface area contributed by atoms with E-state index in [0.717, 1.165) is 32.1 Å². The molecule has 0 heterocycles. The summed E-state index contributed by atoms with van der Waals surface area (Å²) in [4.78, 5) is 12.4. The van der Waals surface area contributed by atoms with E-state index >= 15 is 0 Å². The first-order chi connectivity index (χ1) is 19.1. The molecule has 0 fully saturated rings. The Labute approximate surface area is 244 Å². The van der Waals surface area contributed by atoms with E-state index in [0.29, 0.717) is 12.8 Å². The molecule has 0 aliphatic heterocycles. The lowest BCUT2D eigenvalue weighted by molar-refractivity contribution is -0.131. The fourth-order valence-electron chi connectivity index (χ4n) is 5.33. The summed E-state index contributed by atoms with van der Waals surface area (Å²) in [6, 6.07) is -0.264. The Morgan fingerprint density at radius 2 is 0.949 bits per heavy atom. The van der Waals surface area contributed by atoms with Gasteiger partial charge in [-0.05, 0) is 44.9 Å². The van der Waals surface area contributed by atoms with Crippen LogP contribution < -0.4 is 5.32 Å². The maximum Gasteiger partial charge on any atom is 0.249 e. The molecule has 3 unspecified atom stereocenters. The lowest BCUT2D eigenvalue weighted by atomic mass is 10.00. The van der Waals surface area contributed by atoms with Crippen LogP contribution in [0.2, 0.25) is 0 Å². The van der Waals surface area contributed by atoms with Crippen LogP contribution in [-0.2, 0) is 4.79 Å². The zero-order chi connectivity index (χ0) is 28.8. The molecule has 0 saturated carbocycles. The fraction of sp³-hybridized carbons (Fsp3) is 0.914. The van der Waals surface area contributed by atoms with E-state index in [2.05, 4.69) is 31.3 Å².